The monoisotopic (exact) mass is 518 g/mol. The molecule has 39 heavy (non-hydrogen) atoms. The minimum absolute atomic E-state index is 0.0832. The predicted octanol–water partition coefficient (Wildman–Crippen LogP) is 4.33. The van der Waals surface area contributed by atoms with Gasteiger partial charge >= 0.3 is 0 Å². The van der Waals surface area contributed by atoms with Crippen LogP contribution in [-0.4, -0.2) is 68.1 Å². The maximum atomic E-state index is 13.6. The van der Waals surface area contributed by atoms with Crippen LogP contribution in [-0.2, 0) is 6.54 Å². The lowest BCUT2D eigenvalue weighted by molar-refractivity contribution is 0.0746. The molecule has 0 atom stereocenters. The second kappa shape index (κ2) is 11.6. The minimum atomic E-state index is 0.0832. The summed E-state index contributed by atoms with van der Waals surface area (Å²) in [5.41, 5.74) is 7.53. The summed E-state index contributed by atoms with van der Waals surface area (Å²) in [6.07, 6.45) is 0. The zero-order valence-corrected chi connectivity index (χ0v) is 22.7. The molecule has 2 heterocycles. The van der Waals surface area contributed by atoms with Crippen LogP contribution in [0.4, 0.5) is 11.4 Å². The molecule has 0 N–H and O–H groups in total. The van der Waals surface area contributed by atoms with Crippen molar-refractivity contribution in [2.24, 2.45) is 0 Å². The van der Waals surface area contributed by atoms with E-state index < -0.39 is 0 Å². The van der Waals surface area contributed by atoms with Gasteiger partial charge in [-0.1, -0.05) is 30.3 Å². The van der Waals surface area contributed by atoms with Gasteiger partial charge in [-0.2, -0.15) is 10.5 Å². The van der Waals surface area contributed by atoms with Gasteiger partial charge in [-0.15, -0.1) is 0 Å². The van der Waals surface area contributed by atoms with E-state index in [9.17, 15) is 15.3 Å². The third-order valence-corrected chi connectivity index (χ3v) is 7.98. The summed E-state index contributed by atoms with van der Waals surface area (Å²) >= 11 is 0. The van der Waals surface area contributed by atoms with Gasteiger partial charge in [0.2, 0.25) is 0 Å². The maximum Gasteiger partial charge on any atom is 0.254 e. The molecule has 0 aliphatic carbocycles. The van der Waals surface area contributed by atoms with Gasteiger partial charge in [0.15, 0.2) is 0 Å². The topological polar surface area (TPSA) is 77.6 Å². The van der Waals surface area contributed by atoms with Gasteiger partial charge in [-0.3, -0.25) is 9.69 Å². The van der Waals surface area contributed by atoms with Crippen molar-refractivity contribution >= 4 is 17.3 Å². The molecule has 198 valence electrons. The molecule has 0 bridgehead atoms. The van der Waals surface area contributed by atoms with Gasteiger partial charge in [0.25, 0.3) is 5.91 Å². The highest BCUT2D eigenvalue weighted by molar-refractivity contribution is 5.96. The molecule has 0 saturated carbocycles. The third kappa shape index (κ3) is 5.60. The van der Waals surface area contributed by atoms with Crippen LogP contribution < -0.4 is 9.80 Å². The summed E-state index contributed by atoms with van der Waals surface area (Å²) in [5.74, 6) is 0.0832. The van der Waals surface area contributed by atoms with Gasteiger partial charge in [0.1, 0.15) is 12.1 Å². The molecule has 2 saturated heterocycles. The Morgan fingerprint density at radius 2 is 1.23 bits per heavy atom. The first-order valence-corrected chi connectivity index (χ1v) is 13.6. The summed E-state index contributed by atoms with van der Waals surface area (Å²) < 4.78 is 0. The fourth-order valence-corrected chi connectivity index (χ4v) is 5.69. The zero-order valence-electron chi connectivity index (χ0n) is 22.7. The van der Waals surface area contributed by atoms with Gasteiger partial charge in [0.05, 0.1) is 22.5 Å². The number of rotatable bonds is 5. The van der Waals surface area contributed by atoms with E-state index in [-0.39, 0.29) is 5.91 Å². The molecule has 2 aliphatic heterocycles. The number of para-hydroxylation sites is 2. The average molecular weight is 519 g/mol. The Balaban J connectivity index is 1.23. The molecule has 3 aromatic carbocycles. The number of carbonyl (C=O) groups is 1. The van der Waals surface area contributed by atoms with Gasteiger partial charge in [0, 0.05) is 64.5 Å². The van der Waals surface area contributed by atoms with E-state index in [2.05, 4.69) is 45.9 Å². The number of amides is 1. The number of carbonyl (C=O) groups excluding carboxylic acids is 1. The summed E-state index contributed by atoms with van der Waals surface area (Å²) in [4.78, 5) is 22.5. The van der Waals surface area contributed by atoms with Crippen LogP contribution in [0.2, 0.25) is 0 Å². The molecule has 7 heteroatoms. The number of piperazine rings is 2. The molecule has 3 aromatic rings. The number of benzene rings is 3. The normalized spacial score (nSPS) is 16.1. The molecule has 0 unspecified atom stereocenters. The number of aryl methyl sites for hydroxylation is 2. The van der Waals surface area contributed by atoms with Crippen LogP contribution in [0.5, 0.6) is 0 Å². The Bertz CT molecular complexity index is 1440. The van der Waals surface area contributed by atoms with Gasteiger partial charge < -0.3 is 14.7 Å². The number of nitriles is 2. The van der Waals surface area contributed by atoms with E-state index in [1.165, 1.54) is 11.1 Å². The first kappa shape index (κ1) is 26.3. The molecule has 0 radical (unpaired) electrons. The molecular formula is C32H34N6O. The zero-order chi connectivity index (χ0) is 27.4. The second-order valence-corrected chi connectivity index (χ2v) is 10.4. The Morgan fingerprint density at radius 1 is 0.718 bits per heavy atom. The summed E-state index contributed by atoms with van der Waals surface area (Å²) in [6.45, 7) is 11.2. The Kier molecular flexibility index (Phi) is 7.81. The van der Waals surface area contributed by atoms with E-state index in [0.29, 0.717) is 31.7 Å². The number of nitrogens with zero attached hydrogens (tertiary/aromatic N) is 6. The average Bonchev–Trinajstić information content (AvgIpc) is 2.98. The maximum absolute atomic E-state index is 13.6. The molecule has 0 spiro atoms. The van der Waals surface area contributed by atoms with Crippen molar-refractivity contribution in [3.05, 3.63) is 94.0 Å². The van der Waals surface area contributed by atoms with Crippen molar-refractivity contribution in [3.63, 3.8) is 0 Å². The number of hydrogen-bond acceptors (Lipinski definition) is 6. The van der Waals surface area contributed by atoms with Gasteiger partial charge in [-0.25, -0.2) is 0 Å². The van der Waals surface area contributed by atoms with Crippen LogP contribution in [0, 0.1) is 36.5 Å². The first-order chi connectivity index (χ1) is 19.0. The largest absolute Gasteiger partial charge is 0.368 e. The Hall–Kier alpha value is -4.33. The van der Waals surface area contributed by atoms with Crippen molar-refractivity contribution < 1.29 is 4.79 Å². The highest BCUT2D eigenvalue weighted by Gasteiger charge is 2.26. The lowest BCUT2D eigenvalue weighted by atomic mass is 9.98. The van der Waals surface area contributed by atoms with Crippen molar-refractivity contribution in [1.82, 2.24) is 9.80 Å². The first-order valence-electron chi connectivity index (χ1n) is 13.6. The van der Waals surface area contributed by atoms with Crippen LogP contribution >= 0.6 is 0 Å². The highest BCUT2D eigenvalue weighted by atomic mass is 16.2. The third-order valence-electron chi connectivity index (χ3n) is 7.98. The molecule has 0 aromatic heterocycles. The van der Waals surface area contributed by atoms with Crippen LogP contribution in [0.25, 0.3) is 0 Å². The molecule has 1 amide bonds. The SMILES string of the molecule is Cc1cc(C)c(C(=O)N2CCN(c3ccccc3C#N)CC2)cc1CN1CCN(c2ccccc2C#N)CC1. The van der Waals surface area contributed by atoms with Gasteiger partial charge in [-0.05, 0) is 60.9 Å². The number of hydrogen-bond donors (Lipinski definition) is 0. The van der Waals surface area contributed by atoms with E-state index in [0.717, 1.165) is 60.8 Å². The van der Waals surface area contributed by atoms with Crippen LogP contribution in [0.3, 0.4) is 0 Å². The molecule has 7 nitrogen and oxygen atoms in total. The molecule has 2 aliphatic rings. The molecule has 5 rings (SSSR count). The van der Waals surface area contributed by atoms with E-state index >= 15 is 0 Å². The number of anilines is 2. The van der Waals surface area contributed by atoms with E-state index in [4.69, 9.17) is 0 Å². The lowest BCUT2D eigenvalue weighted by Gasteiger charge is -2.37. The fraction of sp³-hybridized carbons (Fsp3) is 0.344. The van der Waals surface area contributed by atoms with Crippen LogP contribution in [0.15, 0.2) is 60.7 Å². The van der Waals surface area contributed by atoms with Crippen molar-refractivity contribution in [3.8, 4) is 12.1 Å². The smallest absolute Gasteiger partial charge is 0.254 e. The standard InChI is InChI=1S/C32H34N6O/c1-24-19-25(2)29(32(39)38-17-15-37(16-18-38)31-10-6-4-8-27(31)22-34)20-28(24)23-35-11-13-36(14-12-35)30-9-5-3-7-26(30)21-33/h3-10,19-20H,11-18,23H2,1-2H3. The summed E-state index contributed by atoms with van der Waals surface area (Å²) in [6, 6.07) is 24.3. The second-order valence-electron chi connectivity index (χ2n) is 10.4. The highest BCUT2D eigenvalue weighted by Crippen LogP contribution is 2.25. The predicted molar refractivity (Wildman–Crippen MR) is 154 cm³/mol. The Morgan fingerprint density at radius 3 is 1.77 bits per heavy atom. The van der Waals surface area contributed by atoms with Crippen molar-refractivity contribution in [1.29, 1.82) is 10.5 Å². The molecular weight excluding hydrogens is 484 g/mol. The van der Waals surface area contributed by atoms with Crippen molar-refractivity contribution in [2.75, 3.05) is 62.2 Å². The van der Waals surface area contributed by atoms with Crippen molar-refractivity contribution in [2.45, 2.75) is 20.4 Å². The Labute approximate surface area is 231 Å². The quantitative estimate of drug-likeness (QED) is 0.500. The fourth-order valence-electron chi connectivity index (χ4n) is 5.69. The van der Waals surface area contributed by atoms with E-state index in [1.54, 1.807) is 0 Å². The minimum Gasteiger partial charge on any atom is -0.368 e. The summed E-state index contributed by atoms with van der Waals surface area (Å²) in [7, 11) is 0. The summed E-state index contributed by atoms with van der Waals surface area (Å²) in [5, 5.41) is 18.9. The van der Waals surface area contributed by atoms with Crippen LogP contribution in [0.1, 0.15) is 38.2 Å². The molecule has 2 fully saturated rings. The lowest BCUT2D eigenvalue weighted by Crippen LogP contribution is -2.49. The van der Waals surface area contributed by atoms with E-state index in [1.807, 2.05) is 60.4 Å².